The van der Waals surface area contributed by atoms with E-state index in [1.54, 1.807) is 0 Å². The molecule has 0 saturated heterocycles. The van der Waals surface area contributed by atoms with Crippen LogP contribution in [0.1, 0.15) is 88.9 Å². The van der Waals surface area contributed by atoms with Crippen molar-refractivity contribution in [2.24, 2.45) is 0 Å². The number of anilines is 3. The highest BCUT2D eigenvalue weighted by atomic mass is 15.1. The fourth-order valence-corrected chi connectivity index (χ4v) is 9.80. The molecule has 1 aromatic heterocycles. The number of para-hydroxylation sites is 1. The van der Waals surface area contributed by atoms with Crippen molar-refractivity contribution < 1.29 is 0 Å². The lowest BCUT2D eigenvalue weighted by molar-refractivity contribution is 0.593. The Morgan fingerprint density at radius 2 is 1.00 bits per heavy atom. The van der Waals surface area contributed by atoms with E-state index in [1.165, 1.54) is 88.5 Å². The van der Waals surface area contributed by atoms with Crippen LogP contribution in [0.4, 0.5) is 17.1 Å². The summed E-state index contributed by atoms with van der Waals surface area (Å²) in [7, 11) is 0. The smallest absolute Gasteiger partial charge is 0.0540 e. The molecule has 274 valence electrons. The van der Waals surface area contributed by atoms with Crippen molar-refractivity contribution in [2.75, 3.05) is 4.90 Å². The van der Waals surface area contributed by atoms with E-state index >= 15 is 0 Å². The van der Waals surface area contributed by atoms with Crippen LogP contribution in [0.15, 0.2) is 133 Å². The number of aryl methyl sites for hydroxylation is 1. The van der Waals surface area contributed by atoms with Crippen LogP contribution in [0.3, 0.4) is 0 Å². The van der Waals surface area contributed by atoms with Crippen molar-refractivity contribution >= 4 is 49.5 Å². The van der Waals surface area contributed by atoms with E-state index in [0.29, 0.717) is 0 Å². The van der Waals surface area contributed by atoms with Crippen LogP contribution < -0.4 is 4.90 Å². The summed E-state index contributed by atoms with van der Waals surface area (Å²) in [5.74, 6) is 0. The maximum absolute atomic E-state index is 2.50. The highest BCUT2D eigenvalue weighted by Gasteiger charge is 2.36. The maximum Gasteiger partial charge on any atom is 0.0540 e. The van der Waals surface area contributed by atoms with Gasteiger partial charge in [0.15, 0.2) is 0 Å². The molecule has 8 aromatic rings. The van der Waals surface area contributed by atoms with Gasteiger partial charge in [0.05, 0.1) is 5.52 Å². The van der Waals surface area contributed by atoms with Gasteiger partial charge in [-0.25, -0.2) is 0 Å². The Labute approximate surface area is 327 Å². The Kier molecular flexibility index (Phi) is 7.79. The molecule has 7 aromatic carbocycles. The van der Waals surface area contributed by atoms with Crippen LogP contribution in [0.5, 0.6) is 0 Å². The highest BCUT2D eigenvalue weighted by molar-refractivity contribution is 6.12. The molecule has 2 heteroatoms. The second-order valence-electron chi connectivity index (χ2n) is 18.3. The van der Waals surface area contributed by atoms with Gasteiger partial charge >= 0.3 is 0 Å². The molecule has 1 heterocycles. The van der Waals surface area contributed by atoms with Crippen LogP contribution in [0.2, 0.25) is 0 Å². The molecular formula is C53H52N2. The fourth-order valence-electron chi connectivity index (χ4n) is 9.80. The average Bonchev–Trinajstić information content (AvgIpc) is 3.53. The lowest BCUT2D eigenvalue weighted by atomic mass is 9.74. The first-order valence-corrected chi connectivity index (χ1v) is 19.9. The van der Waals surface area contributed by atoms with Gasteiger partial charge in [-0.05, 0) is 146 Å². The molecule has 0 saturated carbocycles. The summed E-state index contributed by atoms with van der Waals surface area (Å²) in [6.45, 7) is 23.5. The Morgan fingerprint density at radius 1 is 0.473 bits per heavy atom. The molecule has 0 atom stereocenters. The standard InChI is InChI=1S/C53H52N2/c1-33-34(2)54(48-32-45-44(31-43(33)48)49(51(3,4)5)41-21-14-15-22-42(41)50(45)52(6,7)8)36-24-26-37(27-25-36)55(35-18-12-11-13-19-35)38-28-29-40-39-20-16-17-23-46(39)53(9,10)47(40)30-38/h11-32H,1-10H3. The predicted octanol–water partition coefficient (Wildman–Crippen LogP) is 14.9. The first-order chi connectivity index (χ1) is 26.2. The van der Waals surface area contributed by atoms with Gasteiger partial charge in [-0.2, -0.15) is 0 Å². The summed E-state index contributed by atoms with van der Waals surface area (Å²) in [6.07, 6.45) is 0. The molecule has 0 N–H and O–H groups in total. The van der Waals surface area contributed by atoms with Crippen molar-refractivity contribution in [1.82, 2.24) is 4.57 Å². The van der Waals surface area contributed by atoms with Crippen LogP contribution >= 0.6 is 0 Å². The number of hydrogen-bond donors (Lipinski definition) is 0. The molecule has 0 aliphatic heterocycles. The largest absolute Gasteiger partial charge is 0.314 e. The van der Waals surface area contributed by atoms with Gasteiger partial charge in [0.2, 0.25) is 0 Å². The van der Waals surface area contributed by atoms with Crippen molar-refractivity contribution in [3.05, 3.63) is 167 Å². The van der Waals surface area contributed by atoms with E-state index in [0.717, 1.165) is 11.4 Å². The lowest BCUT2D eigenvalue weighted by Crippen LogP contribution is -2.17. The number of hydrogen-bond acceptors (Lipinski definition) is 1. The molecule has 2 nitrogen and oxygen atoms in total. The quantitative estimate of drug-likeness (QED) is 0.165. The minimum atomic E-state index is -0.0734. The van der Waals surface area contributed by atoms with E-state index in [-0.39, 0.29) is 16.2 Å². The first kappa shape index (κ1) is 35.1. The third-order valence-corrected chi connectivity index (χ3v) is 12.4. The van der Waals surface area contributed by atoms with Gasteiger partial charge in [0.25, 0.3) is 0 Å². The van der Waals surface area contributed by atoms with Crippen molar-refractivity contribution in [3.63, 3.8) is 0 Å². The summed E-state index contributed by atoms with van der Waals surface area (Å²) in [5, 5.41) is 6.79. The summed E-state index contributed by atoms with van der Waals surface area (Å²) >= 11 is 0. The SMILES string of the molecule is Cc1c(C)n(-c2ccc(N(c3ccccc3)c3ccc4c(c3)C(C)(C)c3ccccc3-4)cc2)c2cc3c(C(C)(C)C)c4ccccc4c(C(C)(C)C)c3cc12. The van der Waals surface area contributed by atoms with Crippen LogP contribution in [-0.4, -0.2) is 4.57 Å². The van der Waals surface area contributed by atoms with E-state index in [1.807, 2.05) is 0 Å². The molecule has 9 rings (SSSR count). The van der Waals surface area contributed by atoms with Gasteiger partial charge in [0, 0.05) is 39.2 Å². The average molecular weight is 717 g/mol. The number of nitrogens with zero attached hydrogens (tertiary/aromatic N) is 2. The minimum Gasteiger partial charge on any atom is -0.314 e. The lowest BCUT2D eigenvalue weighted by Gasteiger charge is -2.30. The number of aromatic nitrogens is 1. The molecule has 1 aliphatic carbocycles. The minimum absolute atomic E-state index is 0.0213. The molecule has 55 heavy (non-hydrogen) atoms. The third kappa shape index (κ3) is 5.36. The van der Waals surface area contributed by atoms with Gasteiger partial charge in [0.1, 0.15) is 0 Å². The van der Waals surface area contributed by atoms with Crippen LogP contribution in [0, 0.1) is 13.8 Å². The zero-order chi connectivity index (χ0) is 38.6. The van der Waals surface area contributed by atoms with E-state index in [4.69, 9.17) is 0 Å². The molecule has 0 bridgehead atoms. The monoisotopic (exact) mass is 716 g/mol. The predicted molar refractivity (Wildman–Crippen MR) is 237 cm³/mol. The summed E-state index contributed by atoms with van der Waals surface area (Å²) in [4.78, 5) is 2.40. The molecule has 0 unspecified atom stereocenters. The van der Waals surface area contributed by atoms with E-state index in [9.17, 15) is 0 Å². The summed E-state index contributed by atoms with van der Waals surface area (Å²) < 4.78 is 2.48. The molecule has 0 fully saturated rings. The van der Waals surface area contributed by atoms with Crippen LogP contribution in [0.25, 0.3) is 49.3 Å². The molecule has 1 aliphatic rings. The Balaban J connectivity index is 1.22. The zero-order valence-corrected chi connectivity index (χ0v) is 34.1. The Hall–Kier alpha value is -5.60. The molecule has 0 spiro atoms. The fraction of sp³-hybridized carbons (Fsp3) is 0.245. The third-order valence-electron chi connectivity index (χ3n) is 12.4. The van der Waals surface area contributed by atoms with E-state index < -0.39 is 0 Å². The zero-order valence-electron chi connectivity index (χ0n) is 34.1. The number of benzene rings is 7. The number of rotatable bonds is 4. The summed E-state index contributed by atoms with van der Waals surface area (Å²) in [6, 6.07) is 50.0. The number of fused-ring (bicyclic) bond motifs is 6. The normalized spacial score (nSPS) is 13.8. The Morgan fingerprint density at radius 3 is 1.64 bits per heavy atom. The van der Waals surface area contributed by atoms with E-state index in [2.05, 4.69) is 212 Å². The topological polar surface area (TPSA) is 8.17 Å². The van der Waals surface area contributed by atoms with Crippen molar-refractivity contribution in [3.8, 4) is 16.8 Å². The second-order valence-corrected chi connectivity index (χ2v) is 18.3. The van der Waals surface area contributed by atoms with Crippen molar-refractivity contribution in [2.45, 2.75) is 85.5 Å². The molecule has 0 radical (unpaired) electrons. The van der Waals surface area contributed by atoms with Crippen LogP contribution in [-0.2, 0) is 16.2 Å². The van der Waals surface area contributed by atoms with Crippen molar-refractivity contribution in [1.29, 1.82) is 0 Å². The van der Waals surface area contributed by atoms with Gasteiger partial charge in [-0.1, -0.05) is 128 Å². The highest BCUT2D eigenvalue weighted by Crippen LogP contribution is 2.51. The van der Waals surface area contributed by atoms with Gasteiger partial charge in [-0.15, -0.1) is 0 Å². The molecular weight excluding hydrogens is 665 g/mol. The maximum atomic E-state index is 2.50. The van der Waals surface area contributed by atoms with Gasteiger partial charge < -0.3 is 9.47 Å². The second kappa shape index (κ2) is 12.2. The molecule has 0 amide bonds. The van der Waals surface area contributed by atoms with Gasteiger partial charge in [-0.3, -0.25) is 0 Å². The Bertz CT molecular complexity index is 2800. The summed E-state index contributed by atoms with van der Waals surface area (Å²) in [5.41, 5.74) is 16.7. The first-order valence-electron chi connectivity index (χ1n) is 19.9.